The fourth-order valence-electron chi connectivity index (χ4n) is 3.12. The first-order valence-electron chi connectivity index (χ1n) is 9.31. The van der Waals surface area contributed by atoms with Crippen LogP contribution < -0.4 is 10.0 Å². The number of anilines is 3. The molecule has 0 heterocycles. The van der Waals surface area contributed by atoms with Gasteiger partial charge in [-0.3, -0.25) is 4.72 Å². The highest BCUT2D eigenvalue weighted by molar-refractivity contribution is 7.88. The van der Waals surface area contributed by atoms with Crippen molar-refractivity contribution in [3.05, 3.63) is 47.3 Å². The molecule has 29 heavy (non-hydrogen) atoms. The molecule has 1 unspecified atom stereocenters. The molecule has 1 atom stereocenters. The van der Waals surface area contributed by atoms with E-state index in [1.807, 2.05) is 0 Å². The average molecular weight is 428 g/mol. The van der Waals surface area contributed by atoms with E-state index in [9.17, 15) is 22.5 Å². The Balaban J connectivity index is 1.90. The summed E-state index contributed by atoms with van der Waals surface area (Å²) in [5.74, 6) is -3.97. The number of unbranched alkanes of at least 4 members (excludes halogenated alkanes) is 1. The minimum atomic E-state index is -1.69. The van der Waals surface area contributed by atoms with Gasteiger partial charge in [-0.1, -0.05) is 6.07 Å². The van der Waals surface area contributed by atoms with E-state index in [0.717, 1.165) is 0 Å². The minimum absolute atomic E-state index is 0.0380. The van der Waals surface area contributed by atoms with Crippen LogP contribution in [0.5, 0.6) is 5.75 Å². The molecule has 0 aromatic heterocycles. The van der Waals surface area contributed by atoms with Crippen molar-refractivity contribution >= 4 is 28.0 Å². The van der Waals surface area contributed by atoms with Crippen LogP contribution in [0.2, 0.25) is 0 Å². The van der Waals surface area contributed by atoms with Gasteiger partial charge in [0.25, 0.3) is 0 Å². The number of aromatic hydroxyl groups is 1. The fraction of sp³-hybridized carbons (Fsp3) is 0.400. The summed E-state index contributed by atoms with van der Waals surface area (Å²) in [5.41, 5.74) is -0.286. The van der Waals surface area contributed by atoms with Gasteiger partial charge in [-0.05, 0) is 56.7 Å². The molecule has 0 bridgehead atoms. The van der Waals surface area contributed by atoms with Gasteiger partial charge < -0.3 is 15.5 Å². The number of hydrogen-bond acceptors (Lipinski definition) is 4. The highest BCUT2D eigenvalue weighted by Gasteiger charge is 2.48. The van der Waals surface area contributed by atoms with Crippen molar-refractivity contribution in [2.75, 3.05) is 16.6 Å². The molecule has 1 fully saturated rings. The van der Waals surface area contributed by atoms with E-state index in [1.54, 1.807) is 13.0 Å². The van der Waals surface area contributed by atoms with E-state index < -0.39 is 44.6 Å². The van der Waals surface area contributed by atoms with Gasteiger partial charge in [-0.15, -0.1) is 0 Å². The normalized spacial score (nSPS) is 15.8. The molecule has 3 rings (SSSR count). The zero-order valence-electron chi connectivity index (χ0n) is 15.9. The number of nitrogens with one attached hydrogen (secondary N) is 2. The predicted octanol–water partition coefficient (Wildman–Crippen LogP) is 4.63. The molecule has 0 spiro atoms. The minimum Gasteiger partial charge on any atom is -0.506 e. The van der Waals surface area contributed by atoms with Gasteiger partial charge in [0.2, 0.25) is 0 Å². The molecule has 1 saturated carbocycles. The maximum atomic E-state index is 14.5. The van der Waals surface area contributed by atoms with Gasteiger partial charge in [0.1, 0.15) is 33.9 Å². The molecule has 158 valence electrons. The molecule has 9 heteroatoms. The van der Waals surface area contributed by atoms with Crippen LogP contribution in [0.25, 0.3) is 0 Å². The van der Waals surface area contributed by atoms with Gasteiger partial charge in [0, 0.05) is 12.7 Å². The summed E-state index contributed by atoms with van der Waals surface area (Å²) in [4.78, 5) is 0. The van der Waals surface area contributed by atoms with Gasteiger partial charge in [-0.2, -0.15) is 0 Å². The Morgan fingerprint density at radius 2 is 1.83 bits per heavy atom. The maximum absolute atomic E-state index is 14.5. The monoisotopic (exact) mass is 428 g/mol. The van der Waals surface area contributed by atoms with Gasteiger partial charge in [-0.25, -0.2) is 17.4 Å². The first-order valence-corrected chi connectivity index (χ1v) is 10.5. The van der Waals surface area contributed by atoms with E-state index >= 15 is 0 Å². The van der Waals surface area contributed by atoms with Crippen molar-refractivity contribution in [2.45, 2.75) is 43.8 Å². The summed E-state index contributed by atoms with van der Waals surface area (Å²) in [5, 5.41) is 21.6. The second-order valence-corrected chi connectivity index (χ2v) is 8.89. The number of benzene rings is 2. The topological polar surface area (TPSA) is 81.6 Å². The Hall–Kier alpha value is -2.26. The van der Waals surface area contributed by atoms with Gasteiger partial charge in [0.15, 0.2) is 11.6 Å². The Morgan fingerprint density at radius 1 is 1.10 bits per heavy atom. The lowest BCUT2D eigenvalue weighted by Crippen LogP contribution is -2.24. The molecule has 4 N–H and O–H groups in total. The zero-order chi connectivity index (χ0) is 21.2. The van der Waals surface area contributed by atoms with Gasteiger partial charge in [0.05, 0.1) is 10.4 Å². The molecule has 0 saturated heterocycles. The van der Waals surface area contributed by atoms with Crippen LogP contribution >= 0.6 is 0 Å². The molecule has 2 aromatic carbocycles. The van der Waals surface area contributed by atoms with Crippen LogP contribution in [0.3, 0.4) is 0 Å². The summed E-state index contributed by atoms with van der Waals surface area (Å²) in [6, 6.07) is 4.76. The largest absolute Gasteiger partial charge is 0.506 e. The van der Waals surface area contributed by atoms with Crippen molar-refractivity contribution in [1.82, 2.24) is 0 Å². The summed E-state index contributed by atoms with van der Waals surface area (Å²) in [6.45, 7) is 1.72. The lowest BCUT2D eigenvalue weighted by atomic mass is 10.2. The quantitative estimate of drug-likeness (QED) is 0.347. The van der Waals surface area contributed by atoms with Gasteiger partial charge >= 0.3 is 0 Å². The first-order chi connectivity index (χ1) is 13.8. The van der Waals surface area contributed by atoms with E-state index in [2.05, 4.69) is 10.0 Å². The van der Waals surface area contributed by atoms with Crippen LogP contribution in [0.4, 0.5) is 30.2 Å². The predicted molar refractivity (Wildman–Crippen MR) is 107 cm³/mol. The van der Waals surface area contributed by atoms with Crippen LogP contribution in [-0.2, 0) is 11.0 Å². The molecular weight excluding hydrogens is 405 g/mol. The summed E-state index contributed by atoms with van der Waals surface area (Å²) < 4.78 is 57.5. The second kappa shape index (κ2) is 8.62. The standard InChI is InChI=1S/C20H23F3N2O3S/c1-12-4-5-15(13(21)10-12)24-19-17(23)14(22)11-16(27)18(19)25-29(28)20(7-8-20)6-2-3-9-26/h4-5,10-11,24-27H,2-3,6-9H2,1H3. The molecule has 0 radical (unpaired) electrons. The number of aliphatic hydroxyl groups is 1. The van der Waals surface area contributed by atoms with Crippen LogP contribution in [0, 0.1) is 24.4 Å². The molecule has 0 amide bonds. The van der Waals surface area contributed by atoms with E-state index in [1.165, 1.54) is 12.1 Å². The Kier molecular flexibility index (Phi) is 6.38. The Morgan fingerprint density at radius 3 is 2.45 bits per heavy atom. The smallest absolute Gasteiger partial charge is 0.184 e. The molecule has 0 aliphatic heterocycles. The second-order valence-electron chi connectivity index (χ2n) is 7.28. The number of halogens is 3. The number of hydrogen-bond donors (Lipinski definition) is 4. The number of phenolic OH excluding ortho intramolecular Hbond substituents is 1. The number of aliphatic hydroxyl groups excluding tert-OH is 1. The summed E-state index contributed by atoms with van der Waals surface area (Å²) in [6.07, 6.45) is 3.20. The molecule has 2 aromatic rings. The third kappa shape index (κ3) is 4.67. The van der Waals surface area contributed by atoms with Crippen molar-refractivity contribution in [1.29, 1.82) is 0 Å². The highest BCUT2D eigenvalue weighted by atomic mass is 32.2. The van der Waals surface area contributed by atoms with Crippen LogP contribution in [-0.4, -0.2) is 25.8 Å². The fourth-order valence-corrected chi connectivity index (χ4v) is 4.53. The number of aryl methyl sites for hydroxylation is 1. The van der Waals surface area contributed by atoms with Crippen molar-refractivity contribution in [2.24, 2.45) is 0 Å². The summed E-state index contributed by atoms with van der Waals surface area (Å²) in [7, 11) is -1.69. The Bertz CT molecular complexity index is 936. The Labute approximate surface area is 169 Å². The SMILES string of the molecule is Cc1ccc(Nc2c(F)c(F)cc(O)c2NS(=O)C2(CCCCO)CC2)c(F)c1. The lowest BCUT2D eigenvalue weighted by molar-refractivity contribution is 0.282. The molecular formula is C20H23F3N2O3S. The van der Waals surface area contributed by atoms with E-state index in [4.69, 9.17) is 5.11 Å². The maximum Gasteiger partial charge on any atom is 0.184 e. The van der Waals surface area contributed by atoms with Crippen LogP contribution in [0.15, 0.2) is 24.3 Å². The van der Waals surface area contributed by atoms with Crippen molar-refractivity contribution in [3.63, 3.8) is 0 Å². The zero-order valence-corrected chi connectivity index (χ0v) is 16.7. The molecule has 1 aliphatic rings. The molecule has 5 nitrogen and oxygen atoms in total. The highest BCUT2D eigenvalue weighted by Crippen LogP contribution is 2.48. The van der Waals surface area contributed by atoms with Crippen molar-refractivity contribution < 1.29 is 27.6 Å². The average Bonchev–Trinajstić information content (AvgIpc) is 3.45. The van der Waals surface area contributed by atoms with E-state index in [-0.39, 0.29) is 18.0 Å². The third-order valence-corrected chi connectivity index (χ3v) is 6.81. The third-order valence-electron chi connectivity index (χ3n) is 5.02. The first kappa shape index (κ1) is 21.4. The van der Waals surface area contributed by atoms with E-state index in [0.29, 0.717) is 43.7 Å². The number of phenols is 1. The molecule has 1 aliphatic carbocycles. The van der Waals surface area contributed by atoms with Crippen molar-refractivity contribution in [3.8, 4) is 5.75 Å². The lowest BCUT2D eigenvalue weighted by Gasteiger charge is -2.20. The van der Waals surface area contributed by atoms with Crippen LogP contribution in [0.1, 0.15) is 37.7 Å². The summed E-state index contributed by atoms with van der Waals surface area (Å²) >= 11 is 0. The number of rotatable bonds is 9.